The van der Waals surface area contributed by atoms with Gasteiger partial charge in [-0.25, -0.2) is 0 Å². The van der Waals surface area contributed by atoms with Gasteiger partial charge in [0.2, 0.25) is 11.8 Å². The van der Waals surface area contributed by atoms with Gasteiger partial charge in [0.1, 0.15) is 5.41 Å². The van der Waals surface area contributed by atoms with Crippen LogP contribution < -0.4 is 10.6 Å². The van der Waals surface area contributed by atoms with Crippen LogP contribution in [-0.4, -0.2) is 11.8 Å². The molecule has 148 valence electrons. The molecule has 0 aromatic heterocycles. The number of amides is 2. The second-order valence-electron chi connectivity index (χ2n) is 6.33. The maximum absolute atomic E-state index is 13.1. The van der Waals surface area contributed by atoms with Gasteiger partial charge in [-0.15, -0.1) is 0 Å². The van der Waals surface area contributed by atoms with Gasteiger partial charge in [0.05, 0.1) is 11.4 Å². The molecule has 2 amide bonds. The summed E-state index contributed by atoms with van der Waals surface area (Å²) in [6.07, 6.45) is 1.83. The van der Waals surface area contributed by atoms with E-state index in [1.807, 2.05) is 24.3 Å². The number of rotatable bonds is 4. The van der Waals surface area contributed by atoms with Gasteiger partial charge in [0.25, 0.3) is 0 Å². The molecule has 0 saturated heterocycles. The molecule has 28 heavy (non-hydrogen) atoms. The number of halogens is 6. The van der Waals surface area contributed by atoms with Crippen molar-refractivity contribution >= 4 is 119 Å². The summed E-state index contributed by atoms with van der Waals surface area (Å²) in [5.41, 5.74) is 0.0920. The fourth-order valence-electron chi connectivity index (χ4n) is 2.88. The van der Waals surface area contributed by atoms with Crippen molar-refractivity contribution in [2.24, 2.45) is 5.41 Å². The Kier molecular flexibility index (Phi) is 7.52. The second-order valence-corrected chi connectivity index (χ2v) is 11.6. The molecule has 0 spiro atoms. The highest BCUT2D eigenvalue weighted by Crippen LogP contribution is 2.45. The van der Waals surface area contributed by atoms with Gasteiger partial charge in [-0.2, -0.15) is 0 Å². The molecule has 4 nitrogen and oxygen atoms in total. The first-order valence-corrected chi connectivity index (χ1v) is 12.8. The van der Waals surface area contributed by atoms with Gasteiger partial charge in [0, 0.05) is 26.8 Å². The van der Waals surface area contributed by atoms with E-state index in [2.05, 4.69) is 106 Å². The number of nitrogens with one attached hydrogen (secondary N) is 2. The Morgan fingerprint density at radius 2 is 1.00 bits per heavy atom. The molecular weight excluding hydrogens is 756 g/mol. The molecular formula is C18H12Br6N2O2. The van der Waals surface area contributed by atoms with Crippen LogP contribution in [0.15, 0.2) is 51.1 Å². The highest BCUT2D eigenvalue weighted by molar-refractivity contribution is 9.12. The average molecular weight is 768 g/mol. The average Bonchev–Trinajstić information content (AvgIpc) is 2.53. The third-order valence-electron chi connectivity index (χ3n) is 4.57. The van der Waals surface area contributed by atoms with Crippen molar-refractivity contribution in [3.05, 3.63) is 51.1 Å². The van der Waals surface area contributed by atoms with Crippen molar-refractivity contribution in [3.8, 4) is 0 Å². The lowest BCUT2D eigenvalue weighted by molar-refractivity contribution is -0.142. The molecule has 0 heterocycles. The van der Waals surface area contributed by atoms with E-state index in [-0.39, 0.29) is 11.8 Å². The minimum atomic E-state index is -1.10. The zero-order valence-corrected chi connectivity index (χ0v) is 23.5. The van der Waals surface area contributed by atoms with Crippen LogP contribution in [0.1, 0.15) is 19.3 Å². The Bertz CT molecular complexity index is 855. The van der Waals surface area contributed by atoms with E-state index < -0.39 is 5.41 Å². The molecule has 1 aliphatic carbocycles. The molecule has 1 aliphatic rings. The largest absolute Gasteiger partial charge is 0.323 e. The summed E-state index contributed by atoms with van der Waals surface area (Å²) in [4.78, 5) is 26.2. The topological polar surface area (TPSA) is 58.2 Å². The van der Waals surface area contributed by atoms with Crippen molar-refractivity contribution in [2.45, 2.75) is 19.3 Å². The summed E-state index contributed by atoms with van der Waals surface area (Å²) < 4.78 is 4.60. The number of hydrogen-bond acceptors (Lipinski definition) is 2. The van der Waals surface area contributed by atoms with Crippen LogP contribution in [0.2, 0.25) is 0 Å². The maximum atomic E-state index is 13.1. The highest BCUT2D eigenvalue weighted by Gasteiger charge is 2.51. The molecule has 1 fully saturated rings. The molecule has 0 atom stereocenters. The summed E-state index contributed by atoms with van der Waals surface area (Å²) in [5.74, 6) is -0.631. The van der Waals surface area contributed by atoms with Crippen LogP contribution >= 0.6 is 95.6 Å². The Labute approximate surface area is 212 Å². The lowest BCUT2D eigenvalue weighted by Crippen LogP contribution is -2.51. The van der Waals surface area contributed by atoms with Gasteiger partial charge >= 0.3 is 0 Å². The molecule has 2 aromatic rings. The number of anilines is 2. The monoisotopic (exact) mass is 762 g/mol. The zero-order chi connectivity index (χ0) is 20.6. The molecule has 1 saturated carbocycles. The summed E-state index contributed by atoms with van der Waals surface area (Å²) in [6, 6.07) is 7.35. The third-order valence-corrected chi connectivity index (χ3v) is 7.98. The van der Waals surface area contributed by atoms with Gasteiger partial charge < -0.3 is 10.6 Å². The SMILES string of the molecule is O=C(Nc1c(Br)cc(Br)cc1Br)C1(C(=O)Nc2c(Br)cc(Br)cc2Br)CCC1. The van der Waals surface area contributed by atoms with Crippen LogP contribution in [0.4, 0.5) is 11.4 Å². The minimum absolute atomic E-state index is 0.315. The van der Waals surface area contributed by atoms with E-state index in [9.17, 15) is 9.59 Å². The highest BCUT2D eigenvalue weighted by atomic mass is 79.9. The number of carbonyl (C=O) groups excluding carboxylic acids is 2. The molecule has 2 N–H and O–H groups in total. The summed E-state index contributed by atoms with van der Waals surface area (Å²) >= 11 is 20.6. The lowest BCUT2D eigenvalue weighted by atomic mass is 9.67. The first-order chi connectivity index (χ1) is 13.1. The molecule has 2 aromatic carbocycles. The van der Waals surface area contributed by atoms with Gasteiger partial charge in [0.15, 0.2) is 0 Å². The minimum Gasteiger partial charge on any atom is -0.323 e. The fourth-order valence-corrected chi connectivity index (χ4v) is 7.79. The zero-order valence-electron chi connectivity index (χ0n) is 14.0. The van der Waals surface area contributed by atoms with Crippen LogP contribution in [0.25, 0.3) is 0 Å². The Hall–Kier alpha value is 0.260. The molecule has 0 unspecified atom stereocenters. The fraction of sp³-hybridized carbons (Fsp3) is 0.222. The standard InChI is InChI=1S/C18H12Br6N2O2/c19-8-4-10(21)14(11(22)5-8)25-16(27)18(2-1-3-18)17(28)26-15-12(23)6-9(20)7-13(15)24/h4-7H,1-3H2,(H,25,27)(H,26,28). The van der Waals surface area contributed by atoms with Gasteiger partial charge in [-0.05, 0) is 101 Å². The number of carbonyl (C=O) groups is 2. The van der Waals surface area contributed by atoms with E-state index in [4.69, 9.17) is 0 Å². The first kappa shape index (κ1) is 22.9. The number of hydrogen-bond donors (Lipinski definition) is 2. The van der Waals surface area contributed by atoms with Crippen molar-refractivity contribution in [1.82, 2.24) is 0 Å². The third kappa shape index (κ3) is 4.61. The molecule has 0 bridgehead atoms. The smallest absolute Gasteiger partial charge is 0.240 e. The van der Waals surface area contributed by atoms with E-state index in [1.165, 1.54) is 0 Å². The van der Waals surface area contributed by atoms with Crippen molar-refractivity contribution < 1.29 is 9.59 Å². The van der Waals surface area contributed by atoms with E-state index >= 15 is 0 Å². The first-order valence-electron chi connectivity index (χ1n) is 8.06. The lowest BCUT2D eigenvalue weighted by Gasteiger charge is -2.38. The van der Waals surface area contributed by atoms with Crippen LogP contribution in [0.5, 0.6) is 0 Å². The Balaban J connectivity index is 1.85. The van der Waals surface area contributed by atoms with E-state index in [0.717, 1.165) is 33.3 Å². The van der Waals surface area contributed by atoms with Crippen LogP contribution in [0, 0.1) is 5.41 Å². The van der Waals surface area contributed by atoms with Gasteiger partial charge in [-0.1, -0.05) is 38.3 Å². The molecule has 3 rings (SSSR count). The van der Waals surface area contributed by atoms with Crippen LogP contribution in [0.3, 0.4) is 0 Å². The Morgan fingerprint density at radius 1 is 0.679 bits per heavy atom. The van der Waals surface area contributed by atoms with Crippen molar-refractivity contribution in [1.29, 1.82) is 0 Å². The predicted octanol–water partition coefficient (Wildman–Crippen LogP) is 8.01. The van der Waals surface area contributed by atoms with E-state index in [0.29, 0.717) is 24.2 Å². The summed E-state index contributed by atoms with van der Waals surface area (Å²) in [6.45, 7) is 0. The predicted molar refractivity (Wildman–Crippen MR) is 133 cm³/mol. The van der Waals surface area contributed by atoms with E-state index in [1.54, 1.807) is 0 Å². The quantitative estimate of drug-likeness (QED) is 0.310. The molecule has 0 aliphatic heterocycles. The number of benzene rings is 2. The van der Waals surface area contributed by atoms with Gasteiger partial charge in [-0.3, -0.25) is 9.59 Å². The summed E-state index contributed by atoms with van der Waals surface area (Å²) in [7, 11) is 0. The normalized spacial score (nSPS) is 14.9. The molecule has 0 radical (unpaired) electrons. The van der Waals surface area contributed by atoms with Crippen LogP contribution in [-0.2, 0) is 9.59 Å². The second kappa shape index (κ2) is 9.18. The van der Waals surface area contributed by atoms with Crippen molar-refractivity contribution in [2.75, 3.05) is 10.6 Å². The maximum Gasteiger partial charge on any atom is 0.240 e. The summed E-state index contributed by atoms with van der Waals surface area (Å²) in [5, 5.41) is 5.82. The Morgan fingerprint density at radius 3 is 1.25 bits per heavy atom. The van der Waals surface area contributed by atoms with Crippen molar-refractivity contribution in [3.63, 3.8) is 0 Å². The molecule has 10 heteroatoms.